The number of ketones is 2. The third-order valence-corrected chi connectivity index (χ3v) is 9.54. The molecule has 0 unspecified atom stereocenters. The average molecular weight is 728 g/mol. The van der Waals surface area contributed by atoms with Crippen LogP contribution in [0.5, 0.6) is 5.75 Å². The van der Waals surface area contributed by atoms with E-state index >= 15 is 0 Å². The van der Waals surface area contributed by atoms with Crippen molar-refractivity contribution in [2.24, 2.45) is 17.6 Å². The van der Waals surface area contributed by atoms with Gasteiger partial charge < -0.3 is 50.6 Å². The number of benzene rings is 1. The fraction of sp³-hybridized carbons (Fsp3) is 0.444. The number of fused-ring (bicyclic) bond motifs is 3. The second-order valence-electron chi connectivity index (χ2n) is 13.1. The van der Waals surface area contributed by atoms with Gasteiger partial charge in [0, 0.05) is 30.3 Å². The van der Waals surface area contributed by atoms with Crippen molar-refractivity contribution in [3.8, 4) is 5.75 Å². The molecule has 3 aliphatic rings. The molecule has 0 heterocycles. The molecule has 52 heavy (non-hydrogen) atoms. The summed E-state index contributed by atoms with van der Waals surface area (Å²) in [7, 11) is 0. The number of carbonyl (C=O) groups is 6. The van der Waals surface area contributed by atoms with Gasteiger partial charge in [-0.3, -0.25) is 28.8 Å². The van der Waals surface area contributed by atoms with Crippen molar-refractivity contribution in [1.82, 2.24) is 0 Å². The number of hydrogen-bond donors (Lipinski definition) is 7. The number of aliphatic hydroxyl groups excluding tert-OH is 3. The Morgan fingerprint density at radius 2 is 1.54 bits per heavy atom. The quantitative estimate of drug-likeness (QED) is 0.0569. The number of aryl methyl sites for hydroxylation is 1. The van der Waals surface area contributed by atoms with Crippen molar-refractivity contribution >= 4 is 41.1 Å². The summed E-state index contributed by atoms with van der Waals surface area (Å²) >= 11 is 0. The molecular formula is C36H41NO15. The molecular weight excluding hydrogens is 686 g/mol. The van der Waals surface area contributed by atoms with E-state index < -0.39 is 125 Å². The normalized spacial score (nSPS) is 23.9. The maximum atomic E-state index is 13.9. The summed E-state index contributed by atoms with van der Waals surface area (Å²) in [6.45, 7) is 6.40. The van der Waals surface area contributed by atoms with Gasteiger partial charge in [0.1, 0.15) is 42.7 Å². The van der Waals surface area contributed by atoms with Gasteiger partial charge in [0.2, 0.25) is 5.78 Å². The van der Waals surface area contributed by atoms with E-state index in [-0.39, 0.29) is 43.2 Å². The number of esters is 3. The highest BCUT2D eigenvalue weighted by Crippen LogP contribution is 2.55. The third-order valence-electron chi connectivity index (χ3n) is 9.54. The Bertz CT molecular complexity index is 1750. The predicted octanol–water partition coefficient (Wildman–Crippen LogP) is 0.791. The van der Waals surface area contributed by atoms with Crippen molar-refractivity contribution in [3.63, 3.8) is 0 Å². The molecule has 5 atom stereocenters. The van der Waals surface area contributed by atoms with Crippen LogP contribution in [0.2, 0.25) is 0 Å². The highest BCUT2D eigenvalue weighted by molar-refractivity contribution is 6.23. The zero-order valence-electron chi connectivity index (χ0n) is 28.3. The van der Waals surface area contributed by atoms with Gasteiger partial charge in [-0.1, -0.05) is 31.2 Å². The van der Waals surface area contributed by atoms with Crippen LogP contribution in [0.4, 0.5) is 0 Å². The van der Waals surface area contributed by atoms with E-state index in [1.54, 1.807) is 13.0 Å². The number of hydrogen-bond acceptors (Lipinski definition) is 15. The largest absolute Gasteiger partial charge is 0.508 e. The molecule has 0 spiro atoms. The van der Waals surface area contributed by atoms with Crippen LogP contribution in [0.3, 0.4) is 0 Å². The lowest BCUT2D eigenvalue weighted by atomic mass is 9.55. The summed E-state index contributed by atoms with van der Waals surface area (Å²) in [6, 6.07) is 3.07. The number of aliphatic hydroxyl groups is 5. The minimum atomic E-state index is -2.96. The Kier molecular flexibility index (Phi) is 11.8. The van der Waals surface area contributed by atoms with Crippen molar-refractivity contribution in [3.05, 3.63) is 71.0 Å². The van der Waals surface area contributed by atoms with Crippen LogP contribution in [-0.2, 0) is 49.4 Å². The van der Waals surface area contributed by atoms with E-state index in [1.165, 1.54) is 18.2 Å². The summed E-state index contributed by atoms with van der Waals surface area (Å²) in [5.74, 6) is -12.0. The molecule has 1 amide bonds. The fourth-order valence-corrected chi connectivity index (χ4v) is 6.86. The SMILES string of the molecule is C=CCC(=O)OCC(O)(COC(=O)CC=C)COC(=O)CCCc1ccc2c(c1O)C(O)=C1C(=O)[C@]3(O)C(O)=C(C(N)=O)C(=O)C[C@@H]3[C@@H](O)[C@@H]1[C@H]2C. The lowest BCUT2D eigenvalue weighted by Crippen LogP contribution is -2.63. The van der Waals surface area contributed by atoms with E-state index in [0.717, 1.165) is 0 Å². The van der Waals surface area contributed by atoms with Crippen LogP contribution in [0.15, 0.2) is 54.3 Å². The first-order valence-electron chi connectivity index (χ1n) is 16.3. The zero-order valence-corrected chi connectivity index (χ0v) is 28.3. The van der Waals surface area contributed by atoms with Gasteiger partial charge in [0.25, 0.3) is 5.91 Å². The molecule has 0 aromatic heterocycles. The fourth-order valence-electron chi connectivity index (χ4n) is 6.86. The number of aromatic hydroxyl groups is 1. The van der Waals surface area contributed by atoms with Gasteiger partial charge in [0.05, 0.1) is 24.5 Å². The molecule has 1 aromatic carbocycles. The van der Waals surface area contributed by atoms with E-state index in [4.69, 9.17) is 19.9 Å². The number of primary amides is 1. The Balaban J connectivity index is 1.51. The molecule has 280 valence electrons. The number of Topliss-reactive ketones (excluding diaryl/α,β-unsaturated/α-hetero) is 2. The first-order chi connectivity index (χ1) is 24.4. The molecule has 16 heteroatoms. The second-order valence-corrected chi connectivity index (χ2v) is 13.1. The minimum Gasteiger partial charge on any atom is -0.508 e. The number of rotatable bonds is 15. The summed E-state index contributed by atoms with van der Waals surface area (Å²) < 4.78 is 15.1. The van der Waals surface area contributed by atoms with Gasteiger partial charge >= 0.3 is 17.9 Å². The molecule has 0 saturated heterocycles. The first-order valence-corrected chi connectivity index (χ1v) is 16.3. The van der Waals surface area contributed by atoms with Crippen LogP contribution in [0.1, 0.15) is 61.6 Å². The van der Waals surface area contributed by atoms with E-state index in [2.05, 4.69) is 13.2 Å². The van der Waals surface area contributed by atoms with E-state index in [1.807, 2.05) is 0 Å². The van der Waals surface area contributed by atoms with Crippen molar-refractivity contribution in [2.75, 3.05) is 19.8 Å². The molecule has 8 N–H and O–H groups in total. The van der Waals surface area contributed by atoms with Crippen LogP contribution < -0.4 is 5.73 Å². The Morgan fingerprint density at radius 3 is 2.08 bits per heavy atom. The van der Waals surface area contributed by atoms with E-state index in [0.29, 0.717) is 5.56 Å². The maximum absolute atomic E-state index is 13.9. The zero-order chi connectivity index (χ0) is 38.7. The monoisotopic (exact) mass is 727 g/mol. The molecule has 4 rings (SSSR count). The van der Waals surface area contributed by atoms with Crippen LogP contribution in [0, 0.1) is 11.8 Å². The number of phenols is 1. The maximum Gasteiger partial charge on any atom is 0.309 e. The number of nitrogens with two attached hydrogens (primary N) is 1. The van der Waals surface area contributed by atoms with Crippen molar-refractivity contribution in [2.45, 2.75) is 68.7 Å². The van der Waals surface area contributed by atoms with Crippen LogP contribution >= 0.6 is 0 Å². The molecule has 1 fully saturated rings. The molecule has 16 nitrogen and oxygen atoms in total. The number of phenolic OH excluding ortho intramolecular Hbond substituents is 1. The first kappa shape index (κ1) is 39.5. The van der Waals surface area contributed by atoms with E-state index in [9.17, 15) is 59.4 Å². The van der Waals surface area contributed by atoms with Crippen LogP contribution in [0.25, 0.3) is 5.76 Å². The molecule has 1 aromatic rings. The Hall–Kier alpha value is -5.32. The Labute approximate surface area is 297 Å². The van der Waals surface area contributed by atoms with Gasteiger partial charge in [-0.15, -0.1) is 13.2 Å². The number of carbonyl (C=O) groups excluding carboxylic acids is 6. The summed E-state index contributed by atoms with van der Waals surface area (Å²) in [5.41, 5.74) is -0.971. The molecule has 0 bridgehead atoms. The van der Waals surface area contributed by atoms with Crippen LogP contribution in [-0.4, -0.2) is 103 Å². The van der Waals surface area contributed by atoms with Gasteiger partial charge in [-0.2, -0.15) is 0 Å². The minimum absolute atomic E-state index is 0.0351. The summed E-state index contributed by atoms with van der Waals surface area (Å²) in [5, 5.41) is 67.2. The highest BCUT2D eigenvalue weighted by atomic mass is 16.6. The Morgan fingerprint density at radius 1 is 0.981 bits per heavy atom. The summed E-state index contributed by atoms with van der Waals surface area (Å²) in [4.78, 5) is 74.5. The highest BCUT2D eigenvalue weighted by Gasteiger charge is 2.65. The third kappa shape index (κ3) is 7.35. The lowest BCUT2D eigenvalue weighted by Gasteiger charge is -2.50. The molecule has 1 saturated carbocycles. The van der Waals surface area contributed by atoms with Gasteiger partial charge in [-0.25, -0.2) is 0 Å². The molecule has 0 aliphatic heterocycles. The predicted molar refractivity (Wildman–Crippen MR) is 178 cm³/mol. The lowest BCUT2D eigenvalue weighted by molar-refractivity contribution is -0.174. The molecule has 0 radical (unpaired) electrons. The second kappa shape index (κ2) is 15.5. The van der Waals surface area contributed by atoms with Gasteiger partial charge in [0.15, 0.2) is 17.0 Å². The summed E-state index contributed by atoms with van der Waals surface area (Å²) in [6.07, 6.45) is -0.219. The average Bonchev–Trinajstić information content (AvgIpc) is 3.08. The molecule has 3 aliphatic carbocycles. The smallest absolute Gasteiger partial charge is 0.309 e. The topological polar surface area (TPSA) is 278 Å². The standard InChI is InChI=1S/C36H41NO15/c1-4-7-22(39)50-14-35(48,15-51-23(40)8-5-2)16-52-24(41)10-6-9-18-11-12-19-17(3)25-28(31(44)26(19)29(18)42)33(46)36(49)20(30(25)43)13-21(38)27(32(36)45)34(37)47/h4-5,11-12,17,20,25,30,42-45,48-49H,1-2,6-10,13-16H2,3H3,(H2,37,47)/t17-,20+,25+,30+,36+/m0/s1. The van der Waals surface area contributed by atoms with Crippen molar-refractivity contribution in [1.29, 1.82) is 0 Å². The number of amides is 1. The van der Waals surface area contributed by atoms with Gasteiger partial charge in [-0.05, 0) is 29.9 Å². The van der Waals surface area contributed by atoms with Crippen molar-refractivity contribution < 1.29 is 73.6 Å². The number of ether oxygens (including phenoxy) is 3.